The lowest BCUT2D eigenvalue weighted by Gasteiger charge is -2.25. The van der Waals surface area contributed by atoms with Crippen LogP contribution in [0.3, 0.4) is 0 Å². The van der Waals surface area contributed by atoms with Gasteiger partial charge in [0.25, 0.3) is 0 Å². The van der Waals surface area contributed by atoms with Crippen LogP contribution in [0.4, 0.5) is 5.69 Å². The Morgan fingerprint density at radius 2 is 1.85 bits per heavy atom. The summed E-state index contributed by atoms with van der Waals surface area (Å²) < 4.78 is 0. The average molecular weight is 273 g/mol. The molecule has 0 radical (unpaired) electrons. The summed E-state index contributed by atoms with van der Waals surface area (Å²) in [6.07, 6.45) is 1.87. The third-order valence-electron chi connectivity index (χ3n) is 3.63. The van der Waals surface area contributed by atoms with Crippen LogP contribution in [-0.4, -0.2) is 25.7 Å². The minimum atomic E-state index is -0.405. The Labute approximate surface area is 123 Å². The Morgan fingerprint density at radius 1 is 1.25 bits per heavy atom. The molecule has 0 saturated carbocycles. The molecule has 0 amide bonds. The smallest absolute Gasteiger partial charge is 0.103 e. The molecule has 1 unspecified atom stereocenters. The summed E-state index contributed by atoms with van der Waals surface area (Å²) in [6, 6.07) is 8.99. The second kappa shape index (κ2) is 7.31. The summed E-state index contributed by atoms with van der Waals surface area (Å²) in [5, 5.41) is 12.5. The highest BCUT2D eigenvalue weighted by molar-refractivity contribution is 5.50. The normalized spacial score (nSPS) is 13.6. The first kappa shape index (κ1) is 16.5. The number of hydrogen-bond acceptors (Lipinski definition) is 3. The first-order chi connectivity index (χ1) is 9.40. The summed E-state index contributed by atoms with van der Waals surface area (Å²) >= 11 is 0. The Bertz CT molecular complexity index is 455. The van der Waals surface area contributed by atoms with Gasteiger partial charge in [-0.2, -0.15) is 5.26 Å². The predicted molar refractivity (Wildman–Crippen MR) is 86.1 cm³/mol. The summed E-state index contributed by atoms with van der Waals surface area (Å²) in [7, 11) is 2.12. The zero-order valence-electron chi connectivity index (χ0n) is 13.5. The van der Waals surface area contributed by atoms with E-state index in [2.05, 4.69) is 55.4 Å². The number of hydrogen-bond donors (Lipinski definition) is 1. The summed E-state index contributed by atoms with van der Waals surface area (Å²) in [6.45, 7) is 10.1. The minimum Gasteiger partial charge on any atom is -0.375 e. The molecule has 1 aromatic carbocycles. The molecule has 1 atom stereocenters. The van der Waals surface area contributed by atoms with Crippen molar-refractivity contribution in [1.29, 1.82) is 5.26 Å². The van der Waals surface area contributed by atoms with Crippen LogP contribution in [0.25, 0.3) is 0 Å². The van der Waals surface area contributed by atoms with E-state index in [1.54, 1.807) is 0 Å². The molecule has 0 fully saturated rings. The van der Waals surface area contributed by atoms with Crippen molar-refractivity contribution in [3.05, 3.63) is 29.3 Å². The van der Waals surface area contributed by atoms with Gasteiger partial charge in [-0.15, -0.1) is 0 Å². The Hall–Kier alpha value is -1.53. The van der Waals surface area contributed by atoms with Crippen LogP contribution >= 0.6 is 0 Å². The van der Waals surface area contributed by atoms with Gasteiger partial charge in [0.15, 0.2) is 0 Å². The van der Waals surface area contributed by atoms with Gasteiger partial charge in [0.05, 0.1) is 6.07 Å². The molecule has 3 nitrogen and oxygen atoms in total. The summed E-state index contributed by atoms with van der Waals surface area (Å²) in [5.74, 6) is 0. The van der Waals surface area contributed by atoms with Crippen molar-refractivity contribution in [2.24, 2.45) is 0 Å². The summed E-state index contributed by atoms with van der Waals surface area (Å²) in [5.41, 5.74) is 3.44. The van der Waals surface area contributed by atoms with Crippen LogP contribution < -0.4 is 10.2 Å². The van der Waals surface area contributed by atoms with E-state index in [4.69, 9.17) is 0 Å². The van der Waals surface area contributed by atoms with Crippen LogP contribution in [0.1, 0.15) is 37.8 Å². The van der Waals surface area contributed by atoms with Gasteiger partial charge in [0.2, 0.25) is 0 Å². The van der Waals surface area contributed by atoms with Crippen LogP contribution in [0.2, 0.25) is 0 Å². The van der Waals surface area contributed by atoms with Crippen LogP contribution in [0, 0.1) is 25.2 Å². The van der Waals surface area contributed by atoms with E-state index in [1.807, 2.05) is 13.8 Å². The molecule has 1 aromatic rings. The van der Waals surface area contributed by atoms with Gasteiger partial charge < -0.3 is 4.90 Å². The third-order valence-corrected chi connectivity index (χ3v) is 3.63. The van der Waals surface area contributed by atoms with Gasteiger partial charge in [-0.3, -0.25) is 5.32 Å². The quantitative estimate of drug-likeness (QED) is 0.827. The Morgan fingerprint density at radius 3 is 2.35 bits per heavy atom. The highest BCUT2D eigenvalue weighted by Crippen LogP contribution is 2.19. The molecule has 0 spiro atoms. The lowest BCUT2D eigenvalue weighted by atomic mass is 9.97. The van der Waals surface area contributed by atoms with E-state index in [-0.39, 0.29) is 0 Å². The van der Waals surface area contributed by atoms with Gasteiger partial charge in [0, 0.05) is 19.3 Å². The molecule has 0 saturated heterocycles. The van der Waals surface area contributed by atoms with E-state index in [1.165, 1.54) is 16.8 Å². The maximum atomic E-state index is 9.25. The van der Waals surface area contributed by atoms with Crippen molar-refractivity contribution < 1.29 is 0 Å². The van der Waals surface area contributed by atoms with Crippen molar-refractivity contribution in [2.45, 2.75) is 46.1 Å². The van der Waals surface area contributed by atoms with Gasteiger partial charge >= 0.3 is 0 Å². The molecule has 0 aliphatic heterocycles. The number of rotatable bonds is 7. The van der Waals surface area contributed by atoms with Crippen LogP contribution in [0.15, 0.2) is 18.2 Å². The Balaban J connectivity index is 2.55. The second-order valence-electron chi connectivity index (χ2n) is 5.85. The molecule has 0 aliphatic rings. The maximum Gasteiger partial charge on any atom is 0.103 e. The number of nitrogens with zero attached hydrogens (tertiary/aromatic N) is 2. The molecule has 110 valence electrons. The zero-order chi connectivity index (χ0) is 15.2. The van der Waals surface area contributed by atoms with Crippen molar-refractivity contribution in [2.75, 3.05) is 25.0 Å². The number of anilines is 1. The number of nitrogens with one attached hydrogen (secondary N) is 1. The molecule has 0 bridgehead atoms. The Kier molecular flexibility index (Phi) is 6.04. The van der Waals surface area contributed by atoms with Crippen molar-refractivity contribution in [3.63, 3.8) is 0 Å². The fourth-order valence-electron chi connectivity index (χ4n) is 2.54. The zero-order valence-corrected chi connectivity index (χ0v) is 13.5. The maximum absolute atomic E-state index is 9.25. The van der Waals surface area contributed by atoms with Crippen molar-refractivity contribution in [3.8, 4) is 6.07 Å². The number of benzene rings is 1. The second-order valence-corrected chi connectivity index (χ2v) is 5.85. The first-order valence-corrected chi connectivity index (χ1v) is 7.36. The van der Waals surface area contributed by atoms with E-state index < -0.39 is 5.54 Å². The van der Waals surface area contributed by atoms with Gasteiger partial charge in [-0.1, -0.05) is 13.0 Å². The van der Waals surface area contributed by atoms with E-state index in [0.717, 1.165) is 25.9 Å². The molecular formula is C17H27N3. The minimum absolute atomic E-state index is 0.405. The lowest BCUT2D eigenvalue weighted by molar-refractivity contribution is 0.418. The fourth-order valence-corrected chi connectivity index (χ4v) is 2.54. The van der Waals surface area contributed by atoms with E-state index in [0.29, 0.717) is 0 Å². The fraction of sp³-hybridized carbons (Fsp3) is 0.588. The lowest BCUT2D eigenvalue weighted by Crippen LogP contribution is -2.41. The largest absolute Gasteiger partial charge is 0.375 e. The van der Waals surface area contributed by atoms with Gasteiger partial charge in [-0.25, -0.2) is 0 Å². The van der Waals surface area contributed by atoms with E-state index in [9.17, 15) is 5.26 Å². The van der Waals surface area contributed by atoms with Crippen LogP contribution in [-0.2, 0) is 0 Å². The molecule has 20 heavy (non-hydrogen) atoms. The van der Waals surface area contributed by atoms with Crippen LogP contribution in [0.5, 0.6) is 0 Å². The summed E-state index contributed by atoms with van der Waals surface area (Å²) in [4.78, 5) is 2.27. The molecule has 1 rings (SSSR count). The van der Waals surface area contributed by atoms with Gasteiger partial charge in [-0.05, 0) is 63.4 Å². The predicted octanol–water partition coefficient (Wildman–Crippen LogP) is 3.41. The van der Waals surface area contributed by atoms with Crippen molar-refractivity contribution in [1.82, 2.24) is 5.32 Å². The average Bonchev–Trinajstić information content (AvgIpc) is 2.37. The number of aryl methyl sites for hydroxylation is 2. The van der Waals surface area contributed by atoms with E-state index >= 15 is 0 Å². The molecule has 0 heterocycles. The molecular weight excluding hydrogens is 246 g/mol. The highest BCUT2D eigenvalue weighted by Gasteiger charge is 2.21. The number of nitriles is 1. The molecule has 3 heteroatoms. The monoisotopic (exact) mass is 273 g/mol. The third kappa shape index (κ3) is 4.86. The first-order valence-electron chi connectivity index (χ1n) is 7.36. The molecule has 1 N–H and O–H groups in total. The molecule has 0 aliphatic carbocycles. The highest BCUT2D eigenvalue weighted by atomic mass is 15.1. The molecule has 0 aromatic heterocycles. The SMILES string of the molecule is CCNC(C)(C#N)CCCN(C)c1cc(C)cc(C)c1. The standard InChI is InChI=1S/C17H27N3/c1-6-19-17(4,13-18)8-7-9-20(5)16-11-14(2)10-15(3)12-16/h10-12,19H,6-9H2,1-5H3. The van der Waals surface area contributed by atoms with Gasteiger partial charge in [0.1, 0.15) is 5.54 Å². The topological polar surface area (TPSA) is 39.1 Å². The van der Waals surface area contributed by atoms with Crippen molar-refractivity contribution >= 4 is 5.69 Å².